The fourth-order valence-electron chi connectivity index (χ4n) is 2.48. The number of hydrogen-bond acceptors (Lipinski definition) is 8. The van der Waals surface area contributed by atoms with E-state index in [0.29, 0.717) is 21.2 Å². The molecule has 4 aromatic rings. The van der Waals surface area contributed by atoms with Gasteiger partial charge in [0.15, 0.2) is 4.96 Å². The Hall–Kier alpha value is -2.36. The van der Waals surface area contributed by atoms with Crippen LogP contribution in [0.3, 0.4) is 0 Å². The number of carbonyl (C=O) groups excluding carboxylic acids is 1. The van der Waals surface area contributed by atoms with E-state index >= 15 is 0 Å². The Labute approximate surface area is 160 Å². The molecule has 4 rings (SSSR count). The summed E-state index contributed by atoms with van der Waals surface area (Å²) in [6.45, 7) is 3.59. The molecule has 0 unspecified atom stereocenters. The van der Waals surface area contributed by atoms with E-state index in [9.17, 15) is 9.59 Å². The minimum absolute atomic E-state index is 0.0490. The van der Waals surface area contributed by atoms with Gasteiger partial charge in [0, 0.05) is 28.1 Å². The molecule has 0 bridgehead atoms. The van der Waals surface area contributed by atoms with Crippen molar-refractivity contribution in [3.63, 3.8) is 0 Å². The normalized spacial score (nSPS) is 11.2. The highest BCUT2D eigenvalue weighted by molar-refractivity contribution is 7.17. The van der Waals surface area contributed by atoms with Crippen LogP contribution in [0.15, 0.2) is 33.1 Å². The molecule has 0 atom stereocenters. The van der Waals surface area contributed by atoms with Crippen LogP contribution in [0.2, 0.25) is 0 Å². The lowest BCUT2D eigenvalue weighted by atomic mass is 10.3. The molecule has 0 N–H and O–H groups in total. The van der Waals surface area contributed by atoms with Gasteiger partial charge in [0.05, 0.1) is 11.4 Å². The van der Waals surface area contributed by atoms with Crippen LogP contribution < -0.4 is 5.56 Å². The third kappa shape index (κ3) is 3.09. The minimum atomic E-state index is -0.453. The third-order valence-electron chi connectivity index (χ3n) is 3.73. The van der Waals surface area contributed by atoms with E-state index in [-0.39, 0.29) is 12.2 Å². The van der Waals surface area contributed by atoms with Gasteiger partial charge in [-0.25, -0.2) is 14.8 Å². The number of esters is 1. The zero-order valence-electron chi connectivity index (χ0n) is 13.9. The van der Waals surface area contributed by atoms with Crippen LogP contribution in [-0.2, 0) is 11.3 Å². The first kappa shape index (κ1) is 17.1. The van der Waals surface area contributed by atoms with Gasteiger partial charge in [0.25, 0.3) is 5.56 Å². The quantitative estimate of drug-likeness (QED) is 0.483. The topological polar surface area (TPSA) is 73.6 Å². The predicted molar refractivity (Wildman–Crippen MR) is 103 cm³/mol. The van der Waals surface area contributed by atoms with Gasteiger partial charge in [-0.3, -0.25) is 9.20 Å². The van der Waals surface area contributed by atoms with Crippen molar-refractivity contribution in [2.75, 3.05) is 0 Å². The average molecular weight is 404 g/mol. The molecule has 9 heteroatoms. The van der Waals surface area contributed by atoms with Gasteiger partial charge in [0.2, 0.25) is 0 Å². The lowest BCUT2D eigenvalue weighted by molar-refractivity contribution is 0.0472. The Morgan fingerprint density at radius 2 is 2.12 bits per heavy atom. The predicted octanol–water partition coefficient (Wildman–Crippen LogP) is 3.91. The number of rotatable bonds is 4. The lowest BCUT2D eigenvalue weighted by Gasteiger charge is -2.04. The van der Waals surface area contributed by atoms with Gasteiger partial charge in [-0.1, -0.05) is 0 Å². The highest BCUT2D eigenvalue weighted by Crippen LogP contribution is 2.29. The van der Waals surface area contributed by atoms with Crippen LogP contribution in [0.5, 0.6) is 0 Å². The summed E-state index contributed by atoms with van der Waals surface area (Å²) in [5.74, 6) is -0.453. The van der Waals surface area contributed by atoms with E-state index in [1.165, 1.54) is 33.1 Å². The fraction of sp³-hybridized carbons (Fsp3) is 0.176. The van der Waals surface area contributed by atoms with E-state index in [1.54, 1.807) is 18.3 Å². The second kappa shape index (κ2) is 6.75. The standard InChI is InChI=1S/C17H13N3O3S3/c1-9-7-25-17-19-12(5-13(21)20(9)17)6-23-16(22)14-10(2)18-15(26-14)11-3-4-24-8-11/h3-5,7-8H,6H2,1-2H3. The maximum atomic E-state index is 12.4. The number of thiazole rings is 2. The number of fused-ring (bicyclic) bond motifs is 1. The van der Waals surface area contributed by atoms with Crippen LogP contribution in [0.1, 0.15) is 26.8 Å². The summed E-state index contributed by atoms with van der Waals surface area (Å²) < 4.78 is 6.90. The summed E-state index contributed by atoms with van der Waals surface area (Å²) >= 11 is 4.27. The molecule has 0 saturated carbocycles. The molecule has 0 radical (unpaired) electrons. The smallest absolute Gasteiger partial charge is 0.350 e. The Morgan fingerprint density at radius 3 is 2.88 bits per heavy atom. The molecule has 0 amide bonds. The molecule has 4 aromatic heterocycles. The molecule has 0 aliphatic heterocycles. The van der Waals surface area contributed by atoms with Crippen molar-refractivity contribution in [3.8, 4) is 10.6 Å². The van der Waals surface area contributed by atoms with Gasteiger partial charge in [-0.2, -0.15) is 11.3 Å². The van der Waals surface area contributed by atoms with Gasteiger partial charge in [-0.05, 0) is 25.3 Å². The molecule has 0 saturated heterocycles. The summed E-state index contributed by atoms with van der Waals surface area (Å²) in [6.07, 6.45) is 0. The first-order valence-corrected chi connectivity index (χ1v) is 10.3. The Balaban J connectivity index is 1.53. The van der Waals surface area contributed by atoms with E-state index in [0.717, 1.165) is 16.3 Å². The van der Waals surface area contributed by atoms with E-state index in [1.807, 2.05) is 29.1 Å². The largest absolute Gasteiger partial charge is 0.455 e. The maximum absolute atomic E-state index is 12.4. The van der Waals surface area contributed by atoms with Crippen molar-refractivity contribution in [2.24, 2.45) is 0 Å². The van der Waals surface area contributed by atoms with Crippen LogP contribution in [0.4, 0.5) is 0 Å². The number of carbonyl (C=O) groups is 1. The molecule has 6 nitrogen and oxygen atoms in total. The average Bonchev–Trinajstić information content (AvgIpc) is 3.33. The molecule has 0 aliphatic carbocycles. The summed E-state index contributed by atoms with van der Waals surface area (Å²) in [5.41, 5.74) is 2.74. The summed E-state index contributed by atoms with van der Waals surface area (Å²) in [6, 6.07) is 3.37. The first-order valence-electron chi connectivity index (χ1n) is 7.67. The van der Waals surface area contributed by atoms with Crippen molar-refractivity contribution in [1.82, 2.24) is 14.4 Å². The molecule has 4 heterocycles. The first-order chi connectivity index (χ1) is 12.5. The molecule has 0 fully saturated rings. The van der Waals surface area contributed by atoms with Crippen molar-refractivity contribution < 1.29 is 9.53 Å². The highest BCUT2D eigenvalue weighted by Gasteiger charge is 2.18. The molecule has 0 spiro atoms. The van der Waals surface area contributed by atoms with Gasteiger partial charge >= 0.3 is 5.97 Å². The molecule has 0 aliphatic rings. The summed E-state index contributed by atoms with van der Waals surface area (Å²) in [7, 11) is 0. The second-order valence-corrected chi connectivity index (χ2v) is 8.22. The van der Waals surface area contributed by atoms with Crippen LogP contribution in [0, 0.1) is 13.8 Å². The lowest BCUT2D eigenvalue weighted by Crippen LogP contribution is -2.16. The second-order valence-electron chi connectivity index (χ2n) is 5.60. The summed E-state index contributed by atoms with van der Waals surface area (Å²) in [5, 5.41) is 6.62. The summed E-state index contributed by atoms with van der Waals surface area (Å²) in [4.78, 5) is 34.5. The Bertz CT molecular complexity index is 1160. The van der Waals surface area contributed by atoms with Gasteiger partial charge < -0.3 is 4.74 Å². The Kier molecular flexibility index (Phi) is 4.43. The molecular formula is C17H13N3O3S3. The van der Waals surface area contributed by atoms with Crippen LogP contribution in [-0.4, -0.2) is 20.3 Å². The molecule has 0 aromatic carbocycles. The van der Waals surface area contributed by atoms with Crippen LogP contribution >= 0.6 is 34.0 Å². The zero-order chi connectivity index (χ0) is 18.3. The van der Waals surface area contributed by atoms with Crippen molar-refractivity contribution in [1.29, 1.82) is 0 Å². The highest BCUT2D eigenvalue weighted by atomic mass is 32.1. The van der Waals surface area contributed by atoms with Crippen molar-refractivity contribution in [2.45, 2.75) is 20.5 Å². The van der Waals surface area contributed by atoms with E-state index in [2.05, 4.69) is 9.97 Å². The van der Waals surface area contributed by atoms with Crippen molar-refractivity contribution in [3.05, 3.63) is 60.6 Å². The SMILES string of the molecule is Cc1nc(-c2ccsc2)sc1C(=O)OCc1cc(=O)n2c(C)csc2n1. The molecule has 26 heavy (non-hydrogen) atoms. The van der Waals surface area contributed by atoms with E-state index < -0.39 is 5.97 Å². The third-order valence-corrected chi connectivity index (χ3v) is 6.54. The number of aryl methyl sites for hydroxylation is 2. The molecular weight excluding hydrogens is 390 g/mol. The number of thiophene rings is 1. The zero-order valence-corrected chi connectivity index (χ0v) is 16.3. The minimum Gasteiger partial charge on any atom is -0.455 e. The molecule has 132 valence electrons. The van der Waals surface area contributed by atoms with Crippen molar-refractivity contribution >= 4 is 44.9 Å². The Morgan fingerprint density at radius 1 is 1.27 bits per heavy atom. The van der Waals surface area contributed by atoms with Gasteiger partial charge in [0.1, 0.15) is 16.5 Å². The van der Waals surface area contributed by atoms with Gasteiger partial charge in [-0.15, -0.1) is 22.7 Å². The monoisotopic (exact) mass is 403 g/mol. The van der Waals surface area contributed by atoms with E-state index in [4.69, 9.17) is 4.74 Å². The number of hydrogen-bond donors (Lipinski definition) is 0. The fourth-order valence-corrected chi connectivity index (χ4v) is 5.04. The number of nitrogens with zero attached hydrogens (tertiary/aromatic N) is 3. The van der Waals surface area contributed by atoms with Crippen LogP contribution in [0.25, 0.3) is 15.5 Å². The number of ether oxygens (including phenoxy) is 1. The maximum Gasteiger partial charge on any atom is 0.350 e. The number of aromatic nitrogens is 3.